The molecule has 1 aromatic heterocycles. The number of hydrazine groups is 1. The van der Waals surface area contributed by atoms with Gasteiger partial charge in [-0.3, -0.25) is 9.80 Å². The fraction of sp³-hybridized carbons (Fsp3) is 0.500. The fourth-order valence-electron chi connectivity index (χ4n) is 3.54. The van der Waals surface area contributed by atoms with Crippen LogP contribution in [0, 0.1) is 5.92 Å². The minimum absolute atomic E-state index is 0.0979. The van der Waals surface area contributed by atoms with Gasteiger partial charge in [0.1, 0.15) is 0 Å². The number of unbranched alkanes of at least 4 members (excludes halogenated alkanes) is 1. The number of nitrogens with zero attached hydrogens (tertiary/aromatic N) is 3. The molecular formula is C22H30N4O4. The van der Waals surface area contributed by atoms with E-state index in [0.29, 0.717) is 25.4 Å². The van der Waals surface area contributed by atoms with Crippen molar-refractivity contribution < 1.29 is 19.0 Å². The number of rotatable bonds is 9. The minimum atomic E-state index is -0.276. The molecule has 0 saturated carbocycles. The second-order valence-electron chi connectivity index (χ2n) is 7.42. The van der Waals surface area contributed by atoms with Crippen LogP contribution in [0.25, 0.3) is 10.8 Å². The zero-order valence-corrected chi connectivity index (χ0v) is 17.6. The van der Waals surface area contributed by atoms with Crippen LogP contribution in [0.5, 0.6) is 0 Å². The summed E-state index contributed by atoms with van der Waals surface area (Å²) in [5.74, 6) is 7.01. The van der Waals surface area contributed by atoms with E-state index in [1.807, 2.05) is 31.2 Å². The lowest BCUT2D eigenvalue weighted by Gasteiger charge is -2.37. The first-order valence-corrected chi connectivity index (χ1v) is 10.3. The summed E-state index contributed by atoms with van der Waals surface area (Å²) in [5, 5.41) is 11.9. The average molecular weight is 415 g/mol. The van der Waals surface area contributed by atoms with Gasteiger partial charge in [0.2, 0.25) is 0 Å². The highest BCUT2D eigenvalue weighted by atomic mass is 16.7. The van der Waals surface area contributed by atoms with Gasteiger partial charge in [0.25, 0.3) is 0 Å². The standard InChI is InChI=1S/C22H30N4O4/c1-16-29-15-18(10-5-3-4-6-12-21(27)28-2)20(30-16)14-26(23)22-19-11-8-7-9-17(19)13-24-25-22/h3,5,7-9,11,13,16,18,20H,4,6,10,12,14-15,23H2,1-2H3/t16-,18+,20+/m1/s1. The Morgan fingerprint density at radius 3 is 3.03 bits per heavy atom. The normalized spacial score (nSPS) is 21.8. The molecule has 0 radical (unpaired) electrons. The number of carbonyl (C=O) groups is 1. The molecule has 2 N–H and O–H groups in total. The third-order valence-corrected chi connectivity index (χ3v) is 5.22. The molecular weight excluding hydrogens is 384 g/mol. The van der Waals surface area contributed by atoms with E-state index >= 15 is 0 Å². The molecule has 1 fully saturated rings. The first kappa shape index (κ1) is 22.1. The molecule has 0 spiro atoms. The zero-order chi connectivity index (χ0) is 21.3. The van der Waals surface area contributed by atoms with Crippen LogP contribution >= 0.6 is 0 Å². The Labute approximate surface area is 177 Å². The number of methoxy groups -OCH3 is 1. The highest BCUT2D eigenvalue weighted by Crippen LogP contribution is 2.26. The Morgan fingerprint density at radius 1 is 1.37 bits per heavy atom. The maximum atomic E-state index is 11.2. The number of aromatic nitrogens is 2. The molecule has 1 aliphatic rings. The van der Waals surface area contributed by atoms with Crippen LogP contribution in [-0.4, -0.2) is 48.8 Å². The maximum absolute atomic E-state index is 11.2. The molecule has 1 saturated heterocycles. The Kier molecular flexibility index (Phi) is 8.12. The zero-order valence-electron chi connectivity index (χ0n) is 17.6. The summed E-state index contributed by atoms with van der Waals surface area (Å²) in [6.07, 6.45) is 8.42. The molecule has 1 aliphatic heterocycles. The summed E-state index contributed by atoms with van der Waals surface area (Å²) in [6, 6.07) is 7.90. The predicted octanol–water partition coefficient (Wildman–Crippen LogP) is 2.98. The molecule has 2 heterocycles. The molecule has 0 amide bonds. The van der Waals surface area contributed by atoms with Crippen molar-refractivity contribution in [1.29, 1.82) is 0 Å². The monoisotopic (exact) mass is 414 g/mol. The summed E-state index contributed by atoms with van der Waals surface area (Å²) in [6.45, 7) is 2.98. The van der Waals surface area contributed by atoms with Gasteiger partial charge >= 0.3 is 5.97 Å². The Morgan fingerprint density at radius 2 is 2.20 bits per heavy atom. The van der Waals surface area contributed by atoms with Crippen molar-refractivity contribution in [2.24, 2.45) is 11.8 Å². The minimum Gasteiger partial charge on any atom is -0.469 e. The molecule has 0 bridgehead atoms. The Bertz CT molecular complexity index is 855. The van der Waals surface area contributed by atoms with Gasteiger partial charge in [-0.15, -0.1) is 5.10 Å². The lowest BCUT2D eigenvalue weighted by Crippen LogP contribution is -2.48. The van der Waals surface area contributed by atoms with Crippen LogP contribution in [0.1, 0.15) is 32.6 Å². The largest absolute Gasteiger partial charge is 0.469 e. The molecule has 162 valence electrons. The molecule has 8 heteroatoms. The molecule has 3 rings (SSSR count). The SMILES string of the molecule is COC(=O)CCCC=CC[C@H]1CO[C@@H](C)O[C@H]1CN(N)c1nncc2ccccc12. The van der Waals surface area contributed by atoms with Gasteiger partial charge in [-0.1, -0.05) is 36.4 Å². The maximum Gasteiger partial charge on any atom is 0.305 e. The van der Waals surface area contributed by atoms with Gasteiger partial charge in [0, 0.05) is 23.1 Å². The van der Waals surface area contributed by atoms with E-state index in [9.17, 15) is 4.79 Å². The number of hydrogen-bond donors (Lipinski definition) is 1. The first-order chi connectivity index (χ1) is 14.6. The number of fused-ring (bicyclic) bond motifs is 1. The van der Waals surface area contributed by atoms with Crippen molar-refractivity contribution in [3.05, 3.63) is 42.6 Å². The van der Waals surface area contributed by atoms with Gasteiger partial charge in [-0.2, -0.15) is 5.10 Å². The first-order valence-electron chi connectivity index (χ1n) is 10.3. The lowest BCUT2D eigenvalue weighted by atomic mass is 9.97. The number of benzene rings is 1. The number of carbonyl (C=O) groups excluding carboxylic acids is 1. The number of allylic oxidation sites excluding steroid dienone is 2. The van der Waals surface area contributed by atoms with Gasteiger partial charge in [0.15, 0.2) is 12.1 Å². The molecule has 0 aliphatic carbocycles. The predicted molar refractivity (Wildman–Crippen MR) is 114 cm³/mol. The van der Waals surface area contributed by atoms with Crippen molar-refractivity contribution >= 4 is 22.6 Å². The van der Waals surface area contributed by atoms with Crippen LogP contribution in [-0.2, 0) is 19.0 Å². The average Bonchev–Trinajstić information content (AvgIpc) is 2.76. The van der Waals surface area contributed by atoms with Crippen LogP contribution < -0.4 is 10.9 Å². The van der Waals surface area contributed by atoms with Crippen molar-refractivity contribution in [2.45, 2.75) is 45.0 Å². The van der Waals surface area contributed by atoms with Crippen LogP contribution in [0.4, 0.5) is 5.82 Å². The smallest absolute Gasteiger partial charge is 0.305 e. The highest BCUT2D eigenvalue weighted by molar-refractivity contribution is 5.91. The van der Waals surface area contributed by atoms with Crippen LogP contribution in [0.3, 0.4) is 0 Å². The van der Waals surface area contributed by atoms with E-state index in [-0.39, 0.29) is 24.3 Å². The Balaban J connectivity index is 1.59. The summed E-state index contributed by atoms with van der Waals surface area (Å²) < 4.78 is 16.4. The molecule has 3 atom stereocenters. The van der Waals surface area contributed by atoms with Gasteiger partial charge in [-0.25, -0.2) is 5.84 Å². The van der Waals surface area contributed by atoms with E-state index in [0.717, 1.165) is 30.0 Å². The van der Waals surface area contributed by atoms with Gasteiger partial charge in [0.05, 0.1) is 32.6 Å². The summed E-state index contributed by atoms with van der Waals surface area (Å²) in [4.78, 5) is 11.2. The molecule has 2 aromatic rings. The second-order valence-corrected chi connectivity index (χ2v) is 7.42. The highest BCUT2D eigenvalue weighted by Gasteiger charge is 2.31. The third kappa shape index (κ3) is 5.98. The van der Waals surface area contributed by atoms with Crippen molar-refractivity contribution in [3.8, 4) is 0 Å². The molecule has 1 aromatic carbocycles. The van der Waals surface area contributed by atoms with Gasteiger partial charge < -0.3 is 14.2 Å². The quantitative estimate of drug-likeness (QED) is 0.220. The number of hydrogen-bond acceptors (Lipinski definition) is 8. The number of anilines is 1. The summed E-state index contributed by atoms with van der Waals surface area (Å²) in [7, 11) is 1.41. The second kappa shape index (κ2) is 11.0. The van der Waals surface area contributed by atoms with E-state index in [1.54, 1.807) is 11.2 Å². The van der Waals surface area contributed by atoms with Crippen LogP contribution in [0.15, 0.2) is 42.6 Å². The van der Waals surface area contributed by atoms with E-state index in [1.165, 1.54) is 7.11 Å². The van der Waals surface area contributed by atoms with E-state index in [2.05, 4.69) is 27.1 Å². The molecule has 30 heavy (non-hydrogen) atoms. The lowest BCUT2D eigenvalue weighted by molar-refractivity contribution is -0.224. The molecule has 0 unspecified atom stereocenters. The molecule has 8 nitrogen and oxygen atoms in total. The van der Waals surface area contributed by atoms with E-state index in [4.69, 9.17) is 15.3 Å². The van der Waals surface area contributed by atoms with Crippen molar-refractivity contribution in [1.82, 2.24) is 10.2 Å². The fourth-order valence-corrected chi connectivity index (χ4v) is 3.54. The number of nitrogens with two attached hydrogens (primary N) is 1. The topological polar surface area (TPSA) is 99.8 Å². The number of ether oxygens (including phenoxy) is 3. The number of esters is 1. The summed E-state index contributed by atoms with van der Waals surface area (Å²) >= 11 is 0. The third-order valence-electron chi connectivity index (χ3n) is 5.22. The van der Waals surface area contributed by atoms with E-state index < -0.39 is 0 Å². The van der Waals surface area contributed by atoms with Crippen molar-refractivity contribution in [3.63, 3.8) is 0 Å². The summed E-state index contributed by atoms with van der Waals surface area (Å²) in [5.41, 5.74) is 0. The van der Waals surface area contributed by atoms with Crippen LogP contribution in [0.2, 0.25) is 0 Å². The Hall–Kier alpha value is -2.55. The van der Waals surface area contributed by atoms with Gasteiger partial charge in [-0.05, 0) is 26.2 Å². The van der Waals surface area contributed by atoms with Crippen molar-refractivity contribution in [2.75, 3.05) is 25.3 Å².